The first kappa shape index (κ1) is 31.1. The van der Waals surface area contributed by atoms with E-state index in [2.05, 4.69) is 0 Å². The lowest BCUT2D eigenvalue weighted by Gasteiger charge is -2.28. The van der Waals surface area contributed by atoms with E-state index in [1.54, 1.807) is 48.5 Å². The summed E-state index contributed by atoms with van der Waals surface area (Å²) in [4.78, 5) is 47.4. The number of carboxylic acid groups (broad SMARTS) is 2. The van der Waals surface area contributed by atoms with Crippen molar-refractivity contribution < 1.29 is 48.3 Å². The van der Waals surface area contributed by atoms with E-state index in [9.17, 15) is 24.3 Å². The molecular formula is C29H36O10. The first-order valence-corrected chi connectivity index (χ1v) is 12.9. The van der Waals surface area contributed by atoms with E-state index in [0.717, 1.165) is 30.4 Å². The number of benzene rings is 2. The first-order chi connectivity index (χ1) is 18.8. The highest BCUT2D eigenvalue weighted by Crippen LogP contribution is 2.28. The predicted octanol–water partition coefficient (Wildman–Crippen LogP) is 5.97. The summed E-state index contributed by atoms with van der Waals surface area (Å²) in [6, 6.07) is 17.9. The summed E-state index contributed by atoms with van der Waals surface area (Å²) in [5.41, 5.74) is -0.209. The second-order valence-electron chi connectivity index (χ2n) is 9.23. The van der Waals surface area contributed by atoms with Crippen LogP contribution in [0.15, 0.2) is 60.7 Å². The number of rotatable bonds is 18. The SMILES string of the molecule is O=C(O)CCCCCCCCC(COC(=O)OCc1ccccc1)(COC(=O)OCc1ccccc1)C(=O)O. The lowest BCUT2D eigenvalue weighted by molar-refractivity contribution is -0.156. The molecule has 0 amide bonds. The zero-order valence-corrected chi connectivity index (χ0v) is 21.9. The molecule has 2 N–H and O–H groups in total. The molecule has 0 heterocycles. The van der Waals surface area contributed by atoms with Crippen molar-refractivity contribution in [3.05, 3.63) is 71.8 Å². The highest BCUT2D eigenvalue weighted by Gasteiger charge is 2.42. The van der Waals surface area contributed by atoms with E-state index >= 15 is 0 Å². The predicted molar refractivity (Wildman–Crippen MR) is 140 cm³/mol. The van der Waals surface area contributed by atoms with Crippen LogP contribution in [0.3, 0.4) is 0 Å². The van der Waals surface area contributed by atoms with Gasteiger partial charge in [0.05, 0.1) is 0 Å². The number of ether oxygens (including phenoxy) is 4. The number of carboxylic acids is 2. The Morgan fingerprint density at radius 3 is 1.46 bits per heavy atom. The Kier molecular flexibility index (Phi) is 13.9. The molecule has 10 nitrogen and oxygen atoms in total. The molecule has 0 aliphatic rings. The van der Waals surface area contributed by atoms with Crippen LogP contribution in [0.1, 0.15) is 62.5 Å². The quantitative estimate of drug-likeness (QED) is 0.170. The van der Waals surface area contributed by atoms with E-state index in [1.165, 1.54) is 0 Å². The lowest BCUT2D eigenvalue weighted by atomic mass is 9.84. The zero-order valence-electron chi connectivity index (χ0n) is 21.9. The van der Waals surface area contributed by atoms with Crippen molar-refractivity contribution in [2.75, 3.05) is 13.2 Å². The van der Waals surface area contributed by atoms with Crippen LogP contribution in [0.25, 0.3) is 0 Å². The van der Waals surface area contributed by atoms with Gasteiger partial charge in [0, 0.05) is 6.42 Å². The molecule has 0 saturated carbocycles. The number of hydrogen-bond acceptors (Lipinski definition) is 8. The molecule has 2 rings (SSSR count). The lowest BCUT2D eigenvalue weighted by Crippen LogP contribution is -2.42. The van der Waals surface area contributed by atoms with Crippen molar-refractivity contribution in [1.82, 2.24) is 0 Å². The molecule has 212 valence electrons. The largest absolute Gasteiger partial charge is 0.508 e. The molecule has 2 aromatic rings. The third-order valence-electron chi connectivity index (χ3n) is 6.08. The van der Waals surface area contributed by atoms with Crippen LogP contribution in [-0.2, 0) is 41.8 Å². The fraction of sp³-hybridized carbons (Fsp3) is 0.448. The number of carbonyl (C=O) groups excluding carboxylic acids is 2. The van der Waals surface area contributed by atoms with Crippen LogP contribution in [0, 0.1) is 5.41 Å². The molecule has 39 heavy (non-hydrogen) atoms. The summed E-state index contributed by atoms with van der Waals surface area (Å²) >= 11 is 0. The monoisotopic (exact) mass is 544 g/mol. The second kappa shape index (κ2) is 17.4. The molecule has 0 radical (unpaired) electrons. The summed E-state index contributed by atoms with van der Waals surface area (Å²) in [6.45, 7) is -1.19. The van der Waals surface area contributed by atoms with Crippen molar-refractivity contribution in [3.8, 4) is 0 Å². The van der Waals surface area contributed by atoms with Gasteiger partial charge >= 0.3 is 24.2 Å². The van der Waals surface area contributed by atoms with E-state index in [-0.39, 0.29) is 26.1 Å². The highest BCUT2D eigenvalue weighted by atomic mass is 16.7. The summed E-state index contributed by atoms with van der Waals surface area (Å²) in [5.74, 6) is -2.11. The number of unbranched alkanes of at least 4 members (excludes halogenated alkanes) is 5. The Bertz CT molecular complexity index is 963. The maximum Gasteiger partial charge on any atom is 0.508 e. The molecule has 0 fully saturated rings. The van der Waals surface area contributed by atoms with Crippen LogP contribution in [0.5, 0.6) is 0 Å². The van der Waals surface area contributed by atoms with Gasteiger partial charge in [-0.3, -0.25) is 9.59 Å². The summed E-state index contributed by atoms with van der Waals surface area (Å²) in [7, 11) is 0. The molecule has 2 aromatic carbocycles. The Morgan fingerprint density at radius 2 is 1.03 bits per heavy atom. The number of carbonyl (C=O) groups is 4. The summed E-state index contributed by atoms with van der Waals surface area (Å²) in [6.07, 6.45) is 2.24. The fourth-order valence-electron chi connectivity index (χ4n) is 3.77. The van der Waals surface area contributed by atoms with Crippen LogP contribution in [0.4, 0.5) is 9.59 Å². The van der Waals surface area contributed by atoms with Crippen LogP contribution >= 0.6 is 0 Å². The third-order valence-corrected chi connectivity index (χ3v) is 6.08. The minimum absolute atomic E-state index is 0.0378. The van der Waals surface area contributed by atoms with Crippen molar-refractivity contribution in [2.45, 2.75) is 64.6 Å². The minimum atomic E-state index is -1.69. The van der Waals surface area contributed by atoms with Gasteiger partial charge in [0.2, 0.25) is 0 Å². The maximum atomic E-state index is 12.4. The molecule has 0 aliphatic heterocycles. The van der Waals surface area contributed by atoms with E-state index in [0.29, 0.717) is 19.3 Å². The van der Waals surface area contributed by atoms with E-state index < -0.39 is 42.9 Å². The van der Waals surface area contributed by atoms with Gasteiger partial charge in [0.25, 0.3) is 0 Å². The molecule has 10 heteroatoms. The summed E-state index contributed by atoms with van der Waals surface area (Å²) in [5, 5.41) is 18.8. The van der Waals surface area contributed by atoms with Gasteiger partial charge in [0.15, 0.2) is 0 Å². The molecule has 0 atom stereocenters. The van der Waals surface area contributed by atoms with Gasteiger partial charge in [-0.25, -0.2) is 9.59 Å². The second-order valence-corrected chi connectivity index (χ2v) is 9.23. The summed E-state index contributed by atoms with van der Waals surface area (Å²) < 4.78 is 20.5. The van der Waals surface area contributed by atoms with Crippen molar-refractivity contribution in [1.29, 1.82) is 0 Å². The Morgan fingerprint density at radius 1 is 0.590 bits per heavy atom. The van der Waals surface area contributed by atoms with Crippen LogP contribution in [-0.4, -0.2) is 47.7 Å². The Hall–Kier alpha value is -4.08. The molecule has 0 aliphatic carbocycles. The molecular weight excluding hydrogens is 508 g/mol. The molecule has 0 bridgehead atoms. The van der Waals surface area contributed by atoms with Gasteiger partial charge in [-0.1, -0.05) is 92.8 Å². The smallest absolute Gasteiger partial charge is 0.481 e. The molecule has 0 saturated heterocycles. The molecule has 0 aromatic heterocycles. The molecule has 0 unspecified atom stereocenters. The standard InChI is InChI=1S/C29H36O10/c30-25(31)17-11-3-1-2-4-12-18-29(26(32)33,21-38-27(34)36-19-23-13-7-5-8-14-23)22-39-28(35)37-20-24-15-9-6-10-16-24/h5-10,13-16H,1-4,11-12,17-22H2,(H,30,31)(H,32,33). The minimum Gasteiger partial charge on any atom is -0.481 e. The Balaban J connectivity index is 1.91. The average molecular weight is 545 g/mol. The van der Waals surface area contributed by atoms with Crippen molar-refractivity contribution in [2.24, 2.45) is 5.41 Å². The van der Waals surface area contributed by atoms with Gasteiger partial charge < -0.3 is 29.2 Å². The first-order valence-electron chi connectivity index (χ1n) is 12.9. The number of aliphatic carboxylic acids is 2. The van der Waals surface area contributed by atoms with E-state index in [4.69, 9.17) is 24.1 Å². The third kappa shape index (κ3) is 12.8. The number of hydrogen-bond donors (Lipinski definition) is 2. The van der Waals surface area contributed by atoms with Gasteiger partial charge in [-0.15, -0.1) is 0 Å². The van der Waals surface area contributed by atoms with Gasteiger partial charge in [0.1, 0.15) is 31.8 Å². The topological polar surface area (TPSA) is 146 Å². The fourth-order valence-corrected chi connectivity index (χ4v) is 3.77. The van der Waals surface area contributed by atoms with Crippen molar-refractivity contribution >= 4 is 24.2 Å². The van der Waals surface area contributed by atoms with Gasteiger partial charge in [-0.05, 0) is 24.0 Å². The van der Waals surface area contributed by atoms with Crippen molar-refractivity contribution in [3.63, 3.8) is 0 Å². The normalized spacial score (nSPS) is 10.9. The Labute approximate surface area is 227 Å². The van der Waals surface area contributed by atoms with Crippen LogP contribution in [0.2, 0.25) is 0 Å². The zero-order chi connectivity index (χ0) is 28.3. The van der Waals surface area contributed by atoms with Crippen LogP contribution < -0.4 is 0 Å². The average Bonchev–Trinajstić information content (AvgIpc) is 2.94. The van der Waals surface area contributed by atoms with E-state index in [1.807, 2.05) is 12.1 Å². The maximum absolute atomic E-state index is 12.4. The van der Waals surface area contributed by atoms with Gasteiger partial charge in [-0.2, -0.15) is 0 Å². The molecule has 0 spiro atoms. The highest BCUT2D eigenvalue weighted by molar-refractivity contribution is 5.76.